The molecule has 1 saturated carbocycles. The highest BCUT2D eigenvalue weighted by Gasteiger charge is 2.35. The van der Waals surface area contributed by atoms with Crippen LogP contribution in [0.1, 0.15) is 45.6 Å². The lowest BCUT2D eigenvalue weighted by Gasteiger charge is -2.41. The summed E-state index contributed by atoms with van der Waals surface area (Å²) in [6.07, 6.45) is 5.22. The van der Waals surface area contributed by atoms with Gasteiger partial charge < -0.3 is 5.73 Å². The predicted octanol–water partition coefficient (Wildman–Crippen LogP) is 4.27. The average molecular weight is 259 g/mol. The molecule has 1 aliphatic rings. The summed E-state index contributed by atoms with van der Waals surface area (Å²) >= 11 is 0. The SMILES string of the molecule is CC(C)(C)C1CCC(CN)C(Cc2ccccc2)C1. The summed E-state index contributed by atoms with van der Waals surface area (Å²) in [5.74, 6) is 2.34. The molecule has 2 rings (SSSR count). The quantitative estimate of drug-likeness (QED) is 0.862. The van der Waals surface area contributed by atoms with Crippen molar-refractivity contribution in [3.05, 3.63) is 35.9 Å². The van der Waals surface area contributed by atoms with E-state index in [1.54, 1.807) is 0 Å². The summed E-state index contributed by atoms with van der Waals surface area (Å²) in [6.45, 7) is 8.02. The van der Waals surface area contributed by atoms with Gasteiger partial charge in [-0.25, -0.2) is 0 Å². The maximum Gasteiger partial charge on any atom is -0.00461 e. The van der Waals surface area contributed by atoms with Crippen molar-refractivity contribution < 1.29 is 0 Å². The summed E-state index contributed by atoms with van der Waals surface area (Å²) in [4.78, 5) is 0. The van der Waals surface area contributed by atoms with E-state index in [-0.39, 0.29) is 0 Å². The third kappa shape index (κ3) is 3.82. The Balaban J connectivity index is 2.06. The molecule has 19 heavy (non-hydrogen) atoms. The van der Waals surface area contributed by atoms with E-state index in [2.05, 4.69) is 51.1 Å². The second kappa shape index (κ2) is 6.09. The van der Waals surface area contributed by atoms with Crippen molar-refractivity contribution in [2.45, 2.75) is 46.5 Å². The van der Waals surface area contributed by atoms with Gasteiger partial charge in [-0.15, -0.1) is 0 Å². The van der Waals surface area contributed by atoms with Gasteiger partial charge in [-0.2, -0.15) is 0 Å². The molecule has 3 atom stereocenters. The summed E-state index contributed by atoms with van der Waals surface area (Å²) in [7, 11) is 0. The highest BCUT2D eigenvalue weighted by molar-refractivity contribution is 5.15. The zero-order valence-electron chi connectivity index (χ0n) is 12.7. The Morgan fingerprint density at radius 2 is 1.74 bits per heavy atom. The first-order chi connectivity index (χ1) is 9.00. The zero-order valence-corrected chi connectivity index (χ0v) is 12.7. The van der Waals surface area contributed by atoms with Crippen LogP contribution >= 0.6 is 0 Å². The number of nitrogens with two attached hydrogens (primary N) is 1. The highest BCUT2D eigenvalue weighted by atomic mass is 14.6. The number of hydrogen-bond donors (Lipinski definition) is 1. The number of benzene rings is 1. The molecule has 0 aliphatic heterocycles. The zero-order chi connectivity index (χ0) is 13.9. The highest BCUT2D eigenvalue weighted by Crippen LogP contribution is 2.43. The second-order valence-corrected chi connectivity index (χ2v) is 7.32. The van der Waals surface area contributed by atoms with Crippen molar-refractivity contribution in [1.82, 2.24) is 0 Å². The lowest BCUT2D eigenvalue weighted by atomic mass is 9.64. The maximum atomic E-state index is 6.00. The molecule has 1 nitrogen and oxygen atoms in total. The van der Waals surface area contributed by atoms with Crippen LogP contribution < -0.4 is 5.73 Å². The van der Waals surface area contributed by atoms with E-state index in [1.807, 2.05) is 0 Å². The molecular formula is C18H29N. The normalized spacial score (nSPS) is 28.3. The van der Waals surface area contributed by atoms with Gasteiger partial charge in [0.05, 0.1) is 0 Å². The first-order valence-electron chi connectivity index (χ1n) is 7.74. The van der Waals surface area contributed by atoms with E-state index in [1.165, 1.54) is 31.2 Å². The molecule has 0 saturated heterocycles. The number of rotatable bonds is 3. The largest absolute Gasteiger partial charge is 0.330 e. The van der Waals surface area contributed by atoms with Gasteiger partial charge in [0.25, 0.3) is 0 Å². The Morgan fingerprint density at radius 1 is 1.05 bits per heavy atom. The van der Waals surface area contributed by atoms with Crippen molar-refractivity contribution in [3.8, 4) is 0 Å². The van der Waals surface area contributed by atoms with Crippen LogP contribution in [0.4, 0.5) is 0 Å². The molecule has 0 heterocycles. The molecule has 1 fully saturated rings. The molecular weight excluding hydrogens is 230 g/mol. The van der Waals surface area contributed by atoms with E-state index in [0.717, 1.165) is 24.3 Å². The molecule has 0 aromatic heterocycles. The minimum Gasteiger partial charge on any atom is -0.330 e. The minimum atomic E-state index is 0.439. The lowest BCUT2D eigenvalue weighted by molar-refractivity contribution is 0.101. The minimum absolute atomic E-state index is 0.439. The van der Waals surface area contributed by atoms with Crippen molar-refractivity contribution in [2.75, 3.05) is 6.54 Å². The molecule has 2 N–H and O–H groups in total. The molecule has 1 aliphatic carbocycles. The monoisotopic (exact) mass is 259 g/mol. The van der Waals surface area contributed by atoms with Crippen LogP contribution in [-0.4, -0.2) is 6.54 Å². The fraction of sp³-hybridized carbons (Fsp3) is 0.667. The first-order valence-corrected chi connectivity index (χ1v) is 7.74. The topological polar surface area (TPSA) is 26.0 Å². The third-order valence-electron chi connectivity index (χ3n) is 5.01. The van der Waals surface area contributed by atoms with Gasteiger partial charge >= 0.3 is 0 Å². The van der Waals surface area contributed by atoms with Crippen molar-refractivity contribution >= 4 is 0 Å². The fourth-order valence-electron chi connectivity index (χ4n) is 3.59. The van der Waals surface area contributed by atoms with Gasteiger partial charge in [0, 0.05) is 0 Å². The number of hydrogen-bond acceptors (Lipinski definition) is 1. The summed E-state index contributed by atoms with van der Waals surface area (Å²) in [5.41, 5.74) is 7.91. The van der Waals surface area contributed by atoms with E-state index < -0.39 is 0 Å². The molecule has 1 aromatic rings. The van der Waals surface area contributed by atoms with Crippen molar-refractivity contribution in [3.63, 3.8) is 0 Å². The Morgan fingerprint density at radius 3 is 2.32 bits per heavy atom. The maximum absolute atomic E-state index is 6.00. The molecule has 0 radical (unpaired) electrons. The Labute approximate surface area is 118 Å². The van der Waals surface area contributed by atoms with Crippen LogP contribution in [-0.2, 0) is 6.42 Å². The van der Waals surface area contributed by atoms with Gasteiger partial charge in [-0.1, -0.05) is 51.1 Å². The van der Waals surface area contributed by atoms with Gasteiger partial charge in [0.2, 0.25) is 0 Å². The molecule has 1 heteroatoms. The molecule has 0 bridgehead atoms. The Hall–Kier alpha value is -0.820. The third-order valence-corrected chi connectivity index (χ3v) is 5.01. The smallest absolute Gasteiger partial charge is 0.00461 e. The van der Waals surface area contributed by atoms with E-state index >= 15 is 0 Å². The van der Waals surface area contributed by atoms with Gasteiger partial charge in [-0.3, -0.25) is 0 Å². The van der Waals surface area contributed by atoms with Gasteiger partial charge in [-0.05, 0) is 61.0 Å². The van der Waals surface area contributed by atoms with Crippen LogP contribution in [0.15, 0.2) is 30.3 Å². The van der Waals surface area contributed by atoms with Crippen molar-refractivity contribution in [1.29, 1.82) is 0 Å². The second-order valence-electron chi connectivity index (χ2n) is 7.32. The molecule has 106 valence electrons. The molecule has 3 unspecified atom stereocenters. The van der Waals surface area contributed by atoms with Crippen LogP contribution in [0.5, 0.6) is 0 Å². The summed E-state index contributed by atoms with van der Waals surface area (Å²) in [5, 5.41) is 0. The van der Waals surface area contributed by atoms with Gasteiger partial charge in [0.1, 0.15) is 0 Å². The molecule has 1 aromatic carbocycles. The van der Waals surface area contributed by atoms with Crippen molar-refractivity contribution in [2.24, 2.45) is 28.9 Å². The predicted molar refractivity (Wildman–Crippen MR) is 83.0 cm³/mol. The van der Waals surface area contributed by atoms with Crippen LogP contribution in [0.2, 0.25) is 0 Å². The van der Waals surface area contributed by atoms with Crippen LogP contribution in [0.25, 0.3) is 0 Å². The van der Waals surface area contributed by atoms with E-state index in [0.29, 0.717) is 5.41 Å². The Kier molecular flexibility index (Phi) is 4.67. The van der Waals surface area contributed by atoms with Crippen LogP contribution in [0, 0.1) is 23.2 Å². The molecule has 0 spiro atoms. The van der Waals surface area contributed by atoms with E-state index in [4.69, 9.17) is 5.73 Å². The average Bonchev–Trinajstić information content (AvgIpc) is 2.39. The standard InChI is InChI=1S/C18H29N/c1-18(2,3)17-10-9-15(13-19)16(12-17)11-14-7-5-4-6-8-14/h4-8,15-17H,9-13,19H2,1-3H3. The first kappa shape index (κ1) is 14.6. The van der Waals surface area contributed by atoms with E-state index in [9.17, 15) is 0 Å². The lowest BCUT2D eigenvalue weighted by Crippen LogP contribution is -2.36. The Bertz CT molecular complexity index is 376. The fourth-order valence-corrected chi connectivity index (χ4v) is 3.59. The summed E-state index contributed by atoms with van der Waals surface area (Å²) < 4.78 is 0. The van der Waals surface area contributed by atoms with Crippen LogP contribution in [0.3, 0.4) is 0 Å². The molecule has 0 amide bonds. The summed E-state index contributed by atoms with van der Waals surface area (Å²) in [6, 6.07) is 10.9. The van der Waals surface area contributed by atoms with Gasteiger partial charge in [0.15, 0.2) is 0 Å².